The minimum absolute atomic E-state index is 0.0602. The van der Waals surface area contributed by atoms with Crippen molar-refractivity contribution in [2.24, 2.45) is 0 Å². The van der Waals surface area contributed by atoms with Gasteiger partial charge < -0.3 is 24.6 Å². The third kappa shape index (κ3) is 3.65. The predicted molar refractivity (Wildman–Crippen MR) is 122 cm³/mol. The Balaban J connectivity index is 1.42. The van der Waals surface area contributed by atoms with E-state index < -0.39 is 11.4 Å². The van der Waals surface area contributed by atoms with Crippen molar-refractivity contribution in [3.63, 3.8) is 0 Å². The molecule has 168 valence electrons. The largest absolute Gasteiger partial charge is 0.496 e. The van der Waals surface area contributed by atoms with Gasteiger partial charge in [0.2, 0.25) is 12.7 Å². The van der Waals surface area contributed by atoms with Gasteiger partial charge in [0.1, 0.15) is 11.3 Å². The number of hydrogen-bond donors (Lipinski definition) is 2. The Morgan fingerprint density at radius 3 is 2.52 bits per heavy atom. The van der Waals surface area contributed by atoms with Crippen molar-refractivity contribution in [1.82, 2.24) is 0 Å². The van der Waals surface area contributed by atoms with Gasteiger partial charge in [-0.3, -0.25) is 4.79 Å². The fourth-order valence-corrected chi connectivity index (χ4v) is 4.26. The molecule has 7 nitrogen and oxygen atoms in total. The fourth-order valence-electron chi connectivity index (χ4n) is 4.26. The Morgan fingerprint density at radius 2 is 1.79 bits per heavy atom. The molecule has 0 spiro atoms. The predicted octanol–water partition coefficient (Wildman–Crippen LogP) is 4.77. The molecule has 1 heterocycles. The minimum Gasteiger partial charge on any atom is -0.496 e. The van der Waals surface area contributed by atoms with Crippen molar-refractivity contribution in [2.75, 3.05) is 19.2 Å². The molecule has 0 aromatic heterocycles. The second-order valence-corrected chi connectivity index (χ2v) is 8.35. The Bertz CT molecular complexity index is 1280. The van der Waals surface area contributed by atoms with Gasteiger partial charge >= 0.3 is 5.97 Å². The number of carbonyl (C=O) groups is 2. The van der Waals surface area contributed by atoms with Gasteiger partial charge in [0, 0.05) is 5.69 Å². The van der Waals surface area contributed by atoms with Crippen molar-refractivity contribution in [1.29, 1.82) is 0 Å². The Labute approximate surface area is 190 Å². The summed E-state index contributed by atoms with van der Waals surface area (Å²) >= 11 is 0. The van der Waals surface area contributed by atoms with E-state index in [-0.39, 0.29) is 24.0 Å². The van der Waals surface area contributed by atoms with Crippen LogP contribution in [0.3, 0.4) is 0 Å². The first-order valence-corrected chi connectivity index (χ1v) is 10.7. The number of nitrogens with one attached hydrogen (secondary N) is 1. The minimum atomic E-state index is -1.05. The van der Waals surface area contributed by atoms with Gasteiger partial charge in [0.25, 0.3) is 0 Å². The highest BCUT2D eigenvalue weighted by atomic mass is 16.7. The molecule has 7 heteroatoms. The van der Waals surface area contributed by atoms with E-state index in [9.17, 15) is 14.7 Å². The van der Waals surface area contributed by atoms with Gasteiger partial charge in [0.15, 0.2) is 11.5 Å². The molecule has 2 aliphatic rings. The smallest absolute Gasteiger partial charge is 0.339 e. The molecular formula is C26H23NO6. The van der Waals surface area contributed by atoms with Crippen molar-refractivity contribution >= 4 is 17.6 Å². The maximum absolute atomic E-state index is 13.3. The Hall–Kier alpha value is -4.00. The number of carbonyl (C=O) groups excluding carboxylic acids is 1. The molecule has 3 aromatic carbocycles. The van der Waals surface area contributed by atoms with E-state index in [4.69, 9.17) is 14.2 Å². The number of carboxylic acids is 1. The van der Waals surface area contributed by atoms with Gasteiger partial charge in [0.05, 0.1) is 12.5 Å². The molecule has 1 aliphatic heterocycles. The van der Waals surface area contributed by atoms with Crippen LogP contribution in [0.2, 0.25) is 0 Å². The second kappa shape index (κ2) is 7.85. The van der Waals surface area contributed by atoms with Gasteiger partial charge in [-0.15, -0.1) is 0 Å². The molecule has 2 N–H and O–H groups in total. The highest BCUT2D eigenvalue weighted by molar-refractivity contribution is 6.02. The maximum atomic E-state index is 13.3. The van der Waals surface area contributed by atoms with Crippen LogP contribution in [-0.2, 0) is 10.2 Å². The molecule has 33 heavy (non-hydrogen) atoms. The second-order valence-electron chi connectivity index (χ2n) is 8.35. The van der Waals surface area contributed by atoms with Crippen LogP contribution in [0, 0.1) is 6.92 Å². The standard InChI is InChI=1S/C26H23NO6/c1-15-3-6-18(13-20(15)16-4-7-19(24(28)29)22(11-16)31-2)27-25(30)26(9-10-26)17-5-8-21-23(12-17)33-14-32-21/h3-8,11-13H,9-10,14H2,1-2H3,(H,27,30)(H,28,29). The number of aromatic carboxylic acids is 1. The molecule has 0 bridgehead atoms. The monoisotopic (exact) mass is 445 g/mol. The van der Waals surface area contributed by atoms with E-state index in [2.05, 4.69) is 5.32 Å². The third-order valence-electron chi connectivity index (χ3n) is 6.35. The molecular weight excluding hydrogens is 422 g/mol. The maximum Gasteiger partial charge on any atom is 0.339 e. The summed E-state index contributed by atoms with van der Waals surface area (Å²) in [5.41, 5.74) is 3.81. The number of rotatable bonds is 6. The summed E-state index contributed by atoms with van der Waals surface area (Å²) in [6, 6.07) is 16.4. The number of benzene rings is 3. The van der Waals surface area contributed by atoms with Crippen LogP contribution in [0.15, 0.2) is 54.6 Å². The SMILES string of the molecule is COc1cc(-c2cc(NC(=O)C3(c4ccc5c(c4)OCO5)CC3)ccc2C)ccc1C(=O)O. The molecule has 3 aromatic rings. The topological polar surface area (TPSA) is 94.1 Å². The summed E-state index contributed by atoms with van der Waals surface area (Å²) < 4.78 is 16.1. The summed E-state index contributed by atoms with van der Waals surface area (Å²) in [5.74, 6) is 0.545. The lowest BCUT2D eigenvalue weighted by Crippen LogP contribution is -2.27. The number of carboxylic acid groups (broad SMARTS) is 1. The van der Waals surface area contributed by atoms with Crippen molar-refractivity contribution in [3.8, 4) is 28.4 Å². The lowest BCUT2D eigenvalue weighted by Gasteiger charge is -2.17. The summed E-state index contributed by atoms with van der Waals surface area (Å²) in [5, 5.41) is 12.4. The number of fused-ring (bicyclic) bond motifs is 1. The van der Waals surface area contributed by atoms with E-state index in [1.54, 1.807) is 12.1 Å². The van der Waals surface area contributed by atoms with Crippen molar-refractivity contribution in [3.05, 3.63) is 71.3 Å². The Morgan fingerprint density at radius 1 is 1.00 bits per heavy atom. The van der Waals surface area contributed by atoms with Gasteiger partial charge in [-0.2, -0.15) is 0 Å². The molecule has 1 saturated carbocycles. The molecule has 1 aliphatic carbocycles. The normalized spacial score (nSPS) is 15.1. The van der Waals surface area contributed by atoms with E-state index in [0.29, 0.717) is 17.2 Å². The van der Waals surface area contributed by atoms with Crippen LogP contribution in [-0.4, -0.2) is 30.9 Å². The first-order chi connectivity index (χ1) is 15.9. The van der Waals surface area contributed by atoms with Crippen LogP contribution < -0.4 is 19.5 Å². The van der Waals surface area contributed by atoms with Crippen molar-refractivity contribution < 1.29 is 28.9 Å². The molecule has 0 unspecified atom stereocenters. The first kappa shape index (κ1) is 20.9. The van der Waals surface area contributed by atoms with Crippen LogP contribution in [0.1, 0.15) is 34.3 Å². The quantitative estimate of drug-likeness (QED) is 0.568. The number of anilines is 1. The average Bonchev–Trinajstić information content (AvgIpc) is 3.50. The lowest BCUT2D eigenvalue weighted by atomic mass is 9.94. The number of ether oxygens (including phenoxy) is 3. The summed E-state index contributed by atoms with van der Waals surface area (Å²) in [6.07, 6.45) is 1.54. The van der Waals surface area contributed by atoms with Gasteiger partial charge in [-0.25, -0.2) is 4.79 Å². The van der Waals surface area contributed by atoms with E-state index in [1.807, 2.05) is 43.3 Å². The van der Waals surface area contributed by atoms with Gasteiger partial charge in [-0.1, -0.05) is 18.2 Å². The highest BCUT2D eigenvalue weighted by Gasteiger charge is 2.51. The van der Waals surface area contributed by atoms with Crippen LogP contribution in [0.25, 0.3) is 11.1 Å². The third-order valence-corrected chi connectivity index (χ3v) is 6.35. The van der Waals surface area contributed by atoms with E-state index in [0.717, 1.165) is 35.1 Å². The van der Waals surface area contributed by atoms with Crippen LogP contribution in [0.4, 0.5) is 5.69 Å². The van der Waals surface area contributed by atoms with E-state index >= 15 is 0 Å². The molecule has 0 saturated heterocycles. The van der Waals surface area contributed by atoms with Gasteiger partial charge in [-0.05, 0) is 78.4 Å². The number of amides is 1. The zero-order valence-electron chi connectivity index (χ0n) is 18.3. The molecule has 1 fully saturated rings. The highest BCUT2D eigenvalue weighted by Crippen LogP contribution is 2.51. The fraction of sp³-hybridized carbons (Fsp3) is 0.231. The lowest BCUT2D eigenvalue weighted by molar-refractivity contribution is -0.118. The van der Waals surface area contributed by atoms with Crippen LogP contribution in [0.5, 0.6) is 17.2 Å². The molecule has 0 atom stereocenters. The molecule has 0 radical (unpaired) electrons. The summed E-state index contributed by atoms with van der Waals surface area (Å²) in [4.78, 5) is 24.7. The first-order valence-electron chi connectivity index (χ1n) is 10.7. The number of hydrogen-bond acceptors (Lipinski definition) is 5. The Kier molecular flexibility index (Phi) is 4.96. The zero-order valence-corrected chi connectivity index (χ0v) is 18.3. The number of methoxy groups -OCH3 is 1. The summed E-state index contributed by atoms with van der Waals surface area (Å²) in [6.45, 7) is 2.16. The average molecular weight is 445 g/mol. The molecule has 5 rings (SSSR count). The summed E-state index contributed by atoms with van der Waals surface area (Å²) in [7, 11) is 1.44. The zero-order chi connectivity index (χ0) is 23.2. The van der Waals surface area contributed by atoms with Crippen LogP contribution >= 0.6 is 0 Å². The molecule has 1 amide bonds. The van der Waals surface area contributed by atoms with Crippen molar-refractivity contribution in [2.45, 2.75) is 25.2 Å². The van der Waals surface area contributed by atoms with E-state index in [1.165, 1.54) is 13.2 Å². The number of aryl methyl sites for hydroxylation is 1.